The van der Waals surface area contributed by atoms with Gasteiger partial charge in [-0.25, -0.2) is 0 Å². The molecule has 1 aromatic rings. The molecule has 0 radical (unpaired) electrons. The lowest BCUT2D eigenvalue weighted by atomic mass is 10.1. The summed E-state index contributed by atoms with van der Waals surface area (Å²) in [6, 6.07) is 8.90. The van der Waals surface area contributed by atoms with Gasteiger partial charge < -0.3 is 10.2 Å². The van der Waals surface area contributed by atoms with Crippen molar-refractivity contribution in [1.82, 2.24) is 10.2 Å². The zero-order valence-corrected chi connectivity index (χ0v) is 17.8. The molecule has 0 atom stereocenters. The lowest BCUT2D eigenvalue weighted by Gasteiger charge is -2.26. The van der Waals surface area contributed by atoms with Crippen molar-refractivity contribution in [2.24, 2.45) is 16.1 Å². The van der Waals surface area contributed by atoms with Crippen LogP contribution in [-0.4, -0.2) is 42.5 Å². The molecule has 1 N–H and O–H groups in total. The maximum absolute atomic E-state index is 12.2. The Morgan fingerprint density at radius 1 is 1.29 bits per heavy atom. The Morgan fingerprint density at radius 3 is 2.68 bits per heavy atom. The molecule has 1 saturated carbocycles. The standard InChI is InChI=1S/C23H36N4O/c1-18(2)11-14-22(26-24-4)27(21-12-13-21)17-7-10-23(28)25-16-15-20-9-6-5-8-19(20)3/h5-6,8-9,18,21H,4,7,10-17H2,1-3H3,(H,25,28)/b26-22-. The van der Waals surface area contributed by atoms with E-state index in [4.69, 9.17) is 0 Å². The maximum atomic E-state index is 12.2. The van der Waals surface area contributed by atoms with Gasteiger partial charge in [-0.05, 0) is 56.1 Å². The number of nitrogens with one attached hydrogen (secondary N) is 1. The minimum Gasteiger partial charge on any atom is -0.356 e. The van der Waals surface area contributed by atoms with Crippen molar-refractivity contribution < 1.29 is 4.79 Å². The molecule has 0 aromatic heterocycles. The van der Waals surface area contributed by atoms with Crippen LogP contribution in [0.3, 0.4) is 0 Å². The first-order chi connectivity index (χ1) is 13.5. The summed E-state index contributed by atoms with van der Waals surface area (Å²) in [5.74, 6) is 1.80. The average molecular weight is 385 g/mol. The minimum atomic E-state index is 0.131. The molecule has 0 heterocycles. The second-order valence-electron chi connectivity index (χ2n) is 8.14. The third kappa shape index (κ3) is 7.83. The van der Waals surface area contributed by atoms with E-state index in [0.717, 1.165) is 38.1 Å². The van der Waals surface area contributed by atoms with Crippen LogP contribution in [0.4, 0.5) is 0 Å². The molecule has 0 saturated heterocycles. The number of hydrogen-bond acceptors (Lipinski definition) is 3. The van der Waals surface area contributed by atoms with Gasteiger partial charge in [-0.2, -0.15) is 5.10 Å². The predicted molar refractivity (Wildman–Crippen MR) is 118 cm³/mol. The van der Waals surface area contributed by atoms with Crippen LogP contribution in [0.15, 0.2) is 34.5 Å². The van der Waals surface area contributed by atoms with E-state index in [-0.39, 0.29) is 5.91 Å². The van der Waals surface area contributed by atoms with Crippen LogP contribution in [0.1, 0.15) is 63.5 Å². The fourth-order valence-electron chi connectivity index (χ4n) is 3.38. The quantitative estimate of drug-likeness (QED) is 0.331. The smallest absolute Gasteiger partial charge is 0.220 e. The molecule has 154 valence electrons. The minimum absolute atomic E-state index is 0.131. The first-order valence-electron chi connectivity index (χ1n) is 10.6. The molecule has 1 aromatic carbocycles. The highest BCUT2D eigenvalue weighted by Gasteiger charge is 2.31. The van der Waals surface area contributed by atoms with Gasteiger partial charge in [0.1, 0.15) is 5.84 Å². The van der Waals surface area contributed by atoms with E-state index in [1.807, 2.05) is 12.1 Å². The molecule has 2 rings (SSSR count). The van der Waals surface area contributed by atoms with Crippen LogP contribution < -0.4 is 5.32 Å². The average Bonchev–Trinajstić information content (AvgIpc) is 3.49. The summed E-state index contributed by atoms with van der Waals surface area (Å²) in [5.41, 5.74) is 2.58. The van der Waals surface area contributed by atoms with E-state index in [2.05, 4.69) is 60.0 Å². The fourth-order valence-corrected chi connectivity index (χ4v) is 3.38. The summed E-state index contributed by atoms with van der Waals surface area (Å²) >= 11 is 0. The molecular formula is C23H36N4O. The van der Waals surface area contributed by atoms with Crippen LogP contribution in [0, 0.1) is 12.8 Å². The van der Waals surface area contributed by atoms with Crippen molar-refractivity contribution in [2.75, 3.05) is 13.1 Å². The monoisotopic (exact) mass is 384 g/mol. The highest BCUT2D eigenvalue weighted by Crippen LogP contribution is 2.28. The Bertz CT molecular complexity index is 664. The number of nitrogens with zero attached hydrogens (tertiary/aromatic N) is 3. The van der Waals surface area contributed by atoms with Crippen molar-refractivity contribution in [3.05, 3.63) is 35.4 Å². The van der Waals surface area contributed by atoms with Crippen LogP contribution in [0.5, 0.6) is 0 Å². The topological polar surface area (TPSA) is 57.1 Å². The van der Waals surface area contributed by atoms with Gasteiger partial charge in [0, 0.05) is 38.7 Å². The zero-order chi connectivity index (χ0) is 20.4. The van der Waals surface area contributed by atoms with Gasteiger partial charge in [0.2, 0.25) is 5.91 Å². The second kappa shape index (κ2) is 11.6. The summed E-state index contributed by atoms with van der Waals surface area (Å²) in [5, 5.41) is 11.1. The zero-order valence-electron chi connectivity index (χ0n) is 17.8. The van der Waals surface area contributed by atoms with Crippen molar-refractivity contribution in [3.63, 3.8) is 0 Å². The summed E-state index contributed by atoms with van der Waals surface area (Å²) in [7, 11) is 0. The summed E-state index contributed by atoms with van der Waals surface area (Å²) in [6.45, 7) is 11.6. The van der Waals surface area contributed by atoms with Gasteiger partial charge in [0.05, 0.1) is 0 Å². The van der Waals surface area contributed by atoms with Crippen LogP contribution >= 0.6 is 0 Å². The highest BCUT2D eigenvalue weighted by molar-refractivity contribution is 5.83. The van der Waals surface area contributed by atoms with Gasteiger partial charge in [0.25, 0.3) is 0 Å². The Kier molecular flexibility index (Phi) is 9.18. The van der Waals surface area contributed by atoms with E-state index >= 15 is 0 Å². The third-order valence-electron chi connectivity index (χ3n) is 5.23. The van der Waals surface area contributed by atoms with Gasteiger partial charge in [-0.15, -0.1) is 5.10 Å². The summed E-state index contributed by atoms with van der Waals surface area (Å²) in [4.78, 5) is 14.6. The van der Waals surface area contributed by atoms with Crippen molar-refractivity contribution in [2.45, 2.75) is 71.8 Å². The van der Waals surface area contributed by atoms with Gasteiger partial charge in [-0.3, -0.25) is 4.79 Å². The van der Waals surface area contributed by atoms with E-state index < -0.39 is 0 Å². The molecule has 5 heteroatoms. The first-order valence-corrected chi connectivity index (χ1v) is 10.6. The summed E-state index contributed by atoms with van der Waals surface area (Å²) in [6.07, 6.45) is 6.71. The van der Waals surface area contributed by atoms with Gasteiger partial charge in [0.15, 0.2) is 0 Å². The molecule has 0 spiro atoms. The molecule has 5 nitrogen and oxygen atoms in total. The number of amidine groups is 1. The SMILES string of the molecule is C=N/N=C(/CCC(C)C)N(CCCC(=O)NCCc1ccccc1C)C1CC1. The lowest BCUT2D eigenvalue weighted by Crippen LogP contribution is -2.35. The Balaban J connectivity index is 1.74. The van der Waals surface area contributed by atoms with E-state index in [9.17, 15) is 4.79 Å². The Hall–Kier alpha value is -2.17. The first kappa shape index (κ1) is 22.1. The van der Waals surface area contributed by atoms with Crippen molar-refractivity contribution in [3.8, 4) is 0 Å². The predicted octanol–water partition coefficient (Wildman–Crippen LogP) is 4.35. The van der Waals surface area contributed by atoms with Crippen LogP contribution in [-0.2, 0) is 11.2 Å². The molecule has 1 aliphatic rings. The summed E-state index contributed by atoms with van der Waals surface area (Å²) < 4.78 is 0. The molecule has 1 aliphatic carbocycles. The van der Waals surface area contributed by atoms with Crippen molar-refractivity contribution in [1.29, 1.82) is 0 Å². The van der Waals surface area contributed by atoms with Crippen LogP contribution in [0.25, 0.3) is 0 Å². The van der Waals surface area contributed by atoms with E-state index in [1.165, 1.54) is 24.0 Å². The Morgan fingerprint density at radius 2 is 2.04 bits per heavy atom. The maximum Gasteiger partial charge on any atom is 0.220 e. The number of rotatable bonds is 12. The fraction of sp³-hybridized carbons (Fsp3) is 0.609. The third-order valence-corrected chi connectivity index (χ3v) is 5.23. The molecule has 1 fully saturated rings. The molecule has 0 unspecified atom stereocenters. The van der Waals surface area contributed by atoms with Crippen molar-refractivity contribution >= 4 is 18.5 Å². The molecule has 1 amide bonds. The van der Waals surface area contributed by atoms with E-state index in [0.29, 0.717) is 24.9 Å². The highest BCUT2D eigenvalue weighted by atomic mass is 16.1. The van der Waals surface area contributed by atoms with Gasteiger partial charge in [-0.1, -0.05) is 38.1 Å². The Labute approximate surface area is 170 Å². The molecule has 0 bridgehead atoms. The lowest BCUT2D eigenvalue weighted by molar-refractivity contribution is -0.121. The number of hydrogen-bond donors (Lipinski definition) is 1. The van der Waals surface area contributed by atoms with Crippen LogP contribution in [0.2, 0.25) is 0 Å². The number of amides is 1. The number of carbonyl (C=O) groups is 1. The molecule has 0 aliphatic heterocycles. The molecule has 28 heavy (non-hydrogen) atoms. The van der Waals surface area contributed by atoms with E-state index in [1.54, 1.807) is 0 Å². The van der Waals surface area contributed by atoms with Gasteiger partial charge >= 0.3 is 0 Å². The number of benzene rings is 1. The molecular weight excluding hydrogens is 348 g/mol. The number of carbonyl (C=O) groups excluding carboxylic acids is 1. The number of aryl methyl sites for hydroxylation is 1. The normalized spacial score (nSPS) is 14.2. The second-order valence-corrected chi connectivity index (χ2v) is 8.14. The largest absolute Gasteiger partial charge is 0.356 e.